The number of nitrogens with zero attached hydrogens (tertiary/aromatic N) is 1. The van der Waals surface area contributed by atoms with Gasteiger partial charge in [0.05, 0.1) is 17.5 Å². The molecule has 2 atom stereocenters. The number of rotatable bonds is 20. The Bertz CT molecular complexity index is 1750. The number of aryl methyl sites for hydroxylation is 1. The van der Waals surface area contributed by atoms with Crippen LogP contribution < -0.4 is 10.6 Å². The lowest BCUT2D eigenvalue weighted by Gasteiger charge is -2.26. The van der Waals surface area contributed by atoms with Crippen LogP contribution in [-0.4, -0.2) is 71.1 Å². The second kappa shape index (κ2) is 19.9. The summed E-state index contributed by atoms with van der Waals surface area (Å²) in [6.07, 6.45) is 1.80. The van der Waals surface area contributed by atoms with Gasteiger partial charge in [-0.05, 0) is 67.9 Å². The van der Waals surface area contributed by atoms with Gasteiger partial charge in [-0.15, -0.1) is 0 Å². The lowest BCUT2D eigenvalue weighted by atomic mass is 9.94. The minimum Gasteiger partial charge on any atom is -0.507 e. The van der Waals surface area contributed by atoms with Crippen molar-refractivity contribution in [2.24, 2.45) is 0 Å². The van der Waals surface area contributed by atoms with Crippen LogP contribution in [0.25, 0.3) is 11.1 Å². The second-order valence-electron chi connectivity index (χ2n) is 13.1. The molecule has 10 nitrogen and oxygen atoms in total. The summed E-state index contributed by atoms with van der Waals surface area (Å²) in [6.45, 7) is 6.93. The van der Waals surface area contributed by atoms with Crippen LogP contribution in [0, 0.1) is 11.6 Å². The molecule has 13 heteroatoms. The Morgan fingerprint density at radius 3 is 2.10 bits per heavy atom. The molecule has 52 heavy (non-hydrogen) atoms. The smallest absolute Gasteiger partial charge is 0.407 e. The Morgan fingerprint density at radius 1 is 0.885 bits per heavy atom. The number of phenolic OH excluding ortho intramolecular Hbond substituents is 1. The Kier molecular flexibility index (Phi) is 16.0. The summed E-state index contributed by atoms with van der Waals surface area (Å²) >= 11 is 0. The highest BCUT2D eigenvalue weighted by Gasteiger charge is 2.33. The van der Waals surface area contributed by atoms with Crippen molar-refractivity contribution in [1.29, 1.82) is 0 Å². The van der Waals surface area contributed by atoms with Gasteiger partial charge in [-0.25, -0.2) is 22.0 Å². The van der Waals surface area contributed by atoms with Crippen LogP contribution in [0.1, 0.15) is 82.9 Å². The molecule has 0 spiro atoms. The van der Waals surface area contributed by atoms with Crippen molar-refractivity contribution < 1.29 is 41.8 Å². The molecule has 3 amide bonds. The first-order valence-corrected chi connectivity index (χ1v) is 19.5. The summed E-state index contributed by atoms with van der Waals surface area (Å²) in [7, 11) is -3.77. The lowest BCUT2D eigenvalue weighted by Crippen LogP contribution is -2.53. The summed E-state index contributed by atoms with van der Waals surface area (Å²) in [6, 6.07) is 13.5. The molecule has 3 aromatic rings. The molecule has 0 aliphatic rings. The van der Waals surface area contributed by atoms with Crippen LogP contribution in [0.2, 0.25) is 0 Å². The molecule has 0 aliphatic heterocycles. The van der Waals surface area contributed by atoms with E-state index < -0.39 is 62.5 Å². The van der Waals surface area contributed by atoms with E-state index in [2.05, 4.69) is 10.6 Å². The molecule has 3 aromatic carbocycles. The Hall–Kier alpha value is -4.52. The third-order valence-corrected chi connectivity index (χ3v) is 11.3. The summed E-state index contributed by atoms with van der Waals surface area (Å²) in [4.78, 5) is 39.8. The van der Waals surface area contributed by atoms with E-state index >= 15 is 0 Å². The molecular formula is C39H51F2N3O7S. The van der Waals surface area contributed by atoms with Crippen molar-refractivity contribution in [2.45, 2.75) is 103 Å². The first-order valence-electron chi connectivity index (χ1n) is 17.8. The average molecular weight is 744 g/mol. The third-order valence-electron chi connectivity index (χ3n) is 9.01. The molecule has 0 aliphatic carbocycles. The van der Waals surface area contributed by atoms with E-state index in [4.69, 9.17) is 0 Å². The highest BCUT2D eigenvalue weighted by atomic mass is 32.2. The number of phenols is 1. The molecule has 0 heterocycles. The zero-order valence-corrected chi connectivity index (χ0v) is 31.1. The molecule has 0 saturated heterocycles. The van der Waals surface area contributed by atoms with Crippen molar-refractivity contribution in [1.82, 2.24) is 15.5 Å². The maximum absolute atomic E-state index is 13.9. The number of amides is 3. The summed E-state index contributed by atoms with van der Waals surface area (Å²) in [5.74, 6) is -3.44. The van der Waals surface area contributed by atoms with Gasteiger partial charge in [0, 0.05) is 36.2 Å². The SMILES string of the molecule is CCCC(CCC)S(=O)(=O)C[C@H](NC(=O)CCc1ccccc1)C(=O)N[C@@H](C)CCN(Cc1ccc(-c2cc(F)cc(F)c2)c(CC)c1O)C(=O)O. The quantitative estimate of drug-likeness (QED) is 0.0996. The second-order valence-corrected chi connectivity index (χ2v) is 15.5. The Balaban J connectivity index is 1.73. The molecule has 0 saturated carbocycles. The van der Waals surface area contributed by atoms with Crippen molar-refractivity contribution >= 4 is 27.7 Å². The molecule has 0 fully saturated rings. The third kappa shape index (κ3) is 12.3. The van der Waals surface area contributed by atoms with Gasteiger partial charge in [-0.1, -0.05) is 76.1 Å². The van der Waals surface area contributed by atoms with E-state index in [1.807, 2.05) is 44.2 Å². The number of hydrogen-bond donors (Lipinski definition) is 4. The number of halogens is 2. The van der Waals surface area contributed by atoms with E-state index in [1.165, 1.54) is 6.07 Å². The average Bonchev–Trinajstić information content (AvgIpc) is 3.09. The summed E-state index contributed by atoms with van der Waals surface area (Å²) < 4.78 is 54.8. The first-order chi connectivity index (χ1) is 24.7. The Morgan fingerprint density at radius 2 is 1.52 bits per heavy atom. The maximum atomic E-state index is 13.9. The van der Waals surface area contributed by atoms with Crippen molar-refractivity contribution in [2.75, 3.05) is 12.3 Å². The van der Waals surface area contributed by atoms with E-state index in [1.54, 1.807) is 19.9 Å². The Labute approximate surface area is 305 Å². The topological polar surface area (TPSA) is 153 Å². The van der Waals surface area contributed by atoms with Crippen molar-refractivity contribution in [3.05, 3.63) is 89.0 Å². The molecule has 0 radical (unpaired) electrons. The highest BCUT2D eigenvalue weighted by Crippen LogP contribution is 2.35. The van der Waals surface area contributed by atoms with Gasteiger partial charge in [0.15, 0.2) is 9.84 Å². The first kappa shape index (κ1) is 41.9. The molecule has 284 valence electrons. The number of carbonyl (C=O) groups is 3. The van der Waals surface area contributed by atoms with Gasteiger partial charge < -0.3 is 25.7 Å². The molecule has 3 rings (SSSR count). The fourth-order valence-corrected chi connectivity index (χ4v) is 8.39. The highest BCUT2D eigenvalue weighted by molar-refractivity contribution is 7.92. The fourth-order valence-electron chi connectivity index (χ4n) is 6.23. The summed E-state index contributed by atoms with van der Waals surface area (Å²) in [5, 5.41) is 25.8. The monoisotopic (exact) mass is 743 g/mol. The van der Waals surface area contributed by atoms with Crippen molar-refractivity contribution in [3.8, 4) is 16.9 Å². The number of hydrogen-bond acceptors (Lipinski definition) is 6. The standard InChI is InChI=1S/C39H51F2N3O7S/c1-5-11-32(12-6-2)52(50,51)25-35(43-36(45)18-15-27-13-9-8-10-14-27)38(47)42-26(4)19-20-44(39(48)49)24-28-16-17-34(33(7-3)37(28)46)29-21-30(40)23-31(41)22-29/h8-10,13-14,16-17,21-23,26,32,35,46H,5-7,11-12,15,18-20,24-25H2,1-4H3,(H,42,47)(H,43,45)(H,48,49)/t26-,35-/m0/s1. The lowest BCUT2D eigenvalue weighted by molar-refractivity contribution is -0.128. The number of benzene rings is 3. The molecular weight excluding hydrogens is 693 g/mol. The van der Waals surface area contributed by atoms with Gasteiger partial charge in [0.2, 0.25) is 11.8 Å². The largest absolute Gasteiger partial charge is 0.507 e. The van der Waals surface area contributed by atoms with Gasteiger partial charge in [0.25, 0.3) is 0 Å². The van der Waals surface area contributed by atoms with Gasteiger partial charge in [-0.3, -0.25) is 9.59 Å². The fraction of sp³-hybridized carbons (Fsp3) is 0.462. The van der Waals surface area contributed by atoms with Crippen LogP contribution in [0.4, 0.5) is 13.6 Å². The number of carboxylic acid groups (broad SMARTS) is 1. The minimum absolute atomic E-state index is 0.0526. The van der Waals surface area contributed by atoms with Crippen LogP contribution in [0.15, 0.2) is 60.7 Å². The molecule has 4 N–H and O–H groups in total. The predicted octanol–water partition coefficient (Wildman–Crippen LogP) is 6.78. The molecule has 0 aromatic heterocycles. The number of nitrogens with one attached hydrogen (secondary N) is 2. The van der Waals surface area contributed by atoms with E-state index in [0.717, 1.165) is 28.7 Å². The molecule has 0 bridgehead atoms. The zero-order valence-electron chi connectivity index (χ0n) is 30.3. The van der Waals surface area contributed by atoms with E-state index in [-0.39, 0.29) is 42.8 Å². The van der Waals surface area contributed by atoms with Crippen LogP contribution in [-0.2, 0) is 38.8 Å². The number of aromatic hydroxyl groups is 1. The van der Waals surface area contributed by atoms with E-state index in [0.29, 0.717) is 49.7 Å². The normalized spacial score (nSPS) is 12.7. The number of sulfone groups is 1. The van der Waals surface area contributed by atoms with Crippen molar-refractivity contribution in [3.63, 3.8) is 0 Å². The van der Waals surface area contributed by atoms with Gasteiger partial charge >= 0.3 is 6.09 Å². The van der Waals surface area contributed by atoms with Crippen LogP contribution >= 0.6 is 0 Å². The molecule has 0 unspecified atom stereocenters. The van der Waals surface area contributed by atoms with Crippen LogP contribution in [0.5, 0.6) is 5.75 Å². The van der Waals surface area contributed by atoms with Gasteiger partial charge in [0.1, 0.15) is 23.4 Å². The van der Waals surface area contributed by atoms with Crippen LogP contribution in [0.3, 0.4) is 0 Å². The minimum atomic E-state index is -3.77. The van der Waals surface area contributed by atoms with Gasteiger partial charge in [-0.2, -0.15) is 0 Å². The zero-order chi connectivity index (χ0) is 38.4. The predicted molar refractivity (Wildman–Crippen MR) is 198 cm³/mol. The van der Waals surface area contributed by atoms with E-state index in [9.17, 15) is 41.8 Å². The maximum Gasteiger partial charge on any atom is 0.407 e. The number of carbonyl (C=O) groups excluding carboxylic acids is 2. The summed E-state index contributed by atoms with van der Waals surface area (Å²) in [5.41, 5.74) is 2.26.